The van der Waals surface area contributed by atoms with Crippen LogP contribution in [-0.2, 0) is 52.3 Å². The largest absolute Gasteiger partial charge is 0.511 e. The Morgan fingerprint density at radius 3 is 2.28 bits per heavy atom. The lowest BCUT2D eigenvalue weighted by molar-refractivity contribution is -0.584. The Hall–Kier alpha value is -4.79. The number of aldehydes is 1. The lowest BCUT2D eigenvalue weighted by atomic mass is 9.49. The summed E-state index contributed by atoms with van der Waals surface area (Å²) in [5, 5.41) is 51.0. The SMILES string of the molecule is COC(=O)N[C@H]1[C@@H](C)O[C@@H](O[C@H]2C/C=C(/C)[C@@H]3C=C[C@@H]4C(O[C@H]5C[C@@H](O)[C@@H](OC(C)=O)[C@H](C)O5)[C@@H](C)C[C@H](C)[C@H]4[C@]3(C)C(O)=C3C(=O)OC4(CC(C=O)=C[C@H](O)[C@H]4C=C2C)C3=O)C[C@]1(C)[N+](=O)[O-]. The molecule has 3 aliphatic heterocycles. The monoisotopic (exact) mass is 954 g/mol. The second kappa shape index (κ2) is 19.2. The molecule has 19 heteroatoms. The Bertz CT molecular complexity index is 2210. The third-order valence-corrected chi connectivity index (χ3v) is 15.9. The van der Waals surface area contributed by atoms with Crippen molar-refractivity contribution >= 4 is 30.1 Å². The van der Waals surface area contributed by atoms with Gasteiger partial charge >= 0.3 is 18.0 Å². The van der Waals surface area contributed by atoms with Gasteiger partial charge in [-0.25, -0.2) is 9.59 Å². The minimum atomic E-state index is -2.16. The van der Waals surface area contributed by atoms with E-state index in [-0.39, 0.29) is 36.7 Å². The number of amides is 1. The zero-order valence-electron chi connectivity index (χ0n) is 40.2. The van der Waals surface area contributed by atoms with Gasteiger partial charge in [0.2, 0.25) is 11.3 Å². The van der Waals surface area contributed by atoms with Crippen LogP contribution < -0.4 is 5.32 Å². The summed E-state index contributed by atoms with van der Waals surface area (Å²) < 4.78 is 42.0. The van der Waals surface area contributed by atoms with Gasteiger partial charge in [-0.15, -0.1) is 0 Å². The molecule has 68 heavy (non-hydrogen) atoms. The molecule has 19 nitrogen and oxygen atoms in total. The number of hydrogen-bond acceptors (Lipinski definition) is 17. The number of nitrogens with one attached hydrogen (secondary N) is 1. The van der Waals surface area contributed by atoms with E-state index in [0.717, 1.165) is 12.7 Å². The molecule has 0 radical (unpaired) electrons. The number of alkyl carbamates (subject to hydrolysis) is 1. The van der Waals surface area contributed by atoms with Gasteiger partial charge in [0, 0.05) is 48.9 Å². The predicted molar refractivity (Wildman–Crippen MR) is 238 cm³/mol. The van der Waals surface area contributed by atoms with Crippen molar-refractivity contribution in [2.24, 2.45) is 40.9 Å². The van der Waals surface area contributed by atoms with Crippen LogP contribution in [0.4, 0.5) is 4.79 Å². The first-order chi connectivity index (χ1) is 31.9. The number of aliphatic hydroxyl groups excluding tert-OH is 3. The number of fused-ring (bicyclic) bond motifs is 4. The molecule has 7 aliphatic rings. The molecule has 2 unspecified atom stereocenters. The van der Waals surface area contributed by atoms with Gasteiger partial charge in [-0.05, 0) is 75.5 Å². The molecule has 0 aromatic heterocycles. The fourth-order valence-corrected chi connectivity index (χ4v) is 12.7. The van der Waals surface area contributed by atoms with Crippen molar-refractivity contribution in [3.63, 3.8) is 0 Å². The van der Waals surface area contributed by atoms with Gasteiger partial charge in [-0.1, -0.05) is 50.6 Å². The molecule has 3 saturated heterocycles. The highest BCUT2D eigenvalue weighted by molar-refractivity contribution is 6.26. The van der Waals surface area contributed by atoms with Crippen molar-refractivity contribution in [1.29, 1.82) is 0 Å². The number of aliphatic hydroxyl groups is 3. The number of carbonyl (C=O) groups is 5. The van der Waals surface area contributed by atoms with E-state index < -0.39 is 148 Å². The third-order valence-electron chi connectivity index (χ3n) is 15.9. The van der Waals surface area contributed by atoms with Crippen LogP contribution in [0.5, 0.6) is 0 Å². The molecule has 374 valence electrons. The Kier molecular flexibility index (Phi) is 14.4. The molecule has 2 bridgehead atoms. The van der Waals surface area contributed by atoms with Crippen LogP contribution in [-0.4, -0.2) is 130 Å². The summed E-state index contributed by atoms with van der Waals surface area (Å²) in [6.07, 6.45) is -0.261. The maximum Gasteiger partial charge on any atom is 0.407 e. The topological polar surface area (TPSA) is 266 Å². The molecule has 4 fully saturated rings. The first-order valence-electron chi connectivity index (χ1n) is 23.5. The number of nitrogens with zero attached hydrogens (tertiary/aromatic N) is 1. The summed E-state index contributed by atoms with van der Waals surface area (Å²) in [4.78, 5) is 78.3. The Labute approximate surface area is 395 Å². The smallest absolute Gasteiger partial charge is 0.407 e. The molecule has 1 amide bonds. The fourth-order valence-electron chi connectivity index (χ4n) is 12.7. The van der Waals surface area contributed by atoms with E-state index in [0.29, 0.717) is 18.3 Å². The number of esters is 2. The van der Waals surface area contributed by atoms with Crippen molar-refractivity contribution in [1.82, 2.24) is 5.32 Å². The number of allylic oxidation sites excluding steroid dienone is 3. The normalized spacial score (nSPS) is 44.6. The summed E-state index contributed by atoms with van der Waals surface area (Å²) in [6, 6.07) is -1.10. The summed E-state index contributed by atoms with van der Waals surface area (Å²) in [6.45, 7) is 15.4. The number of hydrogen-bond donors (Lipinski definition) is 4. The average molecular weight is 955 g/mol. The molecule has 3 heterocycles. The van der Waals surface area contributed by atoms with Gasteiger partial charge in [0.1, 0.15) is 23.7 Å². The van der Waals surface area contributed by atoms with Gasteiger partial charge in [-0.2, -0.15) is 0 Å². The lowest BCUT2D eigenvalue weighted by Crippen LogP contribution is -2.65. The molecule has 4 aliphatic carbocycles. The van der Waals surface area contributed by atoms with E-state index in [1.54, 1.807) is 26.8 Å². The molecule has 19 atom stereocenters. The molecule has 7 rings (SSSR count). The third kappa shape index (κ3) is 8.87. The van der Waals surface area contributed by atoms with E-state index in [1.165, 1.54) is 19.9 Å². The molecule has 0 aromatic rings. The van der Waals surface area contributed by atoms with Crippen molar-refractivity contribution in [3.8, 4) is 0 Å². The molecule has 4 N–H and O–H groups in total. The molecule has 1 saturated carbocycles. The summed E-state index contributed by atoms with van der Waals surface area (Å²) in [7, 11) is 1.15. The Morgan fingerprint density at radius 2 is 1.65 bits per heavy atom. The van der Waals surface area contributed by atoms with E-state index in [2.05, 4.69) is 5.32 Å². The van der Waals surface area contributed by atoms with E-state index in [9.17, 15) is 44.6 Å². The van der Waals surface area contributed by atoms with E-state index in [4.69, 9.17) is 33.2 Å². The molecular weight excluding hydrogens is 889 g/mol. The average Bonchev–Trinajstić information content (AvgIpc) is 3.50. The number of ketones is 1. The number of ether oxygens (including phenoxy) is 7. The molecular formula is C49H66N2O17. The summed E-state index contributed by atoms with van der Waals surface area (Å²) >= 11 is 0. The minimum Gasteiger partial charge on any atom is -0.511 e. The van der Waals surface area contributed by atoms with Gasteiger partial charge in [0.05, 0.1) is 56.1 Å². The van der Waals surface area contributed by atoms with E-state index in [1.807, 2.05) is 45.9 Å². The Morgan fingerprint density at radius 1 is 0.956 bits per heavy atom. The summed E-state index contributed by atoms with van der Waals surface area (Å²) in [5.41, 5.74) is -4.72. The van der Waals surface area contributed by atoms with Crippen LogP contribution in [0.25, 0.3) is 0 Å². The van der Waals surface area contributed by atoms with Gasteiger partial charge < -0.3 is 53.8 Å². The van der Waals surface area contributed by atoms with Crippen LogP contribution in [0.15, 0.2) is 58.4 Å². The van der Waals surface area contributed by atoms with Crippen LogP contribution in [0.3, 0.4) is 0 Å². The first kappa shape index (κ1) is 51.1. The van der Waals surface area contributed by atoms with Crippen LogP contribution >= 0.6 is 0 Å². The number of methoxy groups -OCH3 is 1. The maximum atomic E-state index is 15.2. The van der Waals surface area contributed by atoms with Crippen molar-refractivity contribution in [2.45, 2.75) is 167 Å². The van der Waals surface area contributed by atoms with Crippen molar-refractivity contribution in [3.05, 3.63) is 68.5 Å². The van der Waals surface area contributed by atoms with Crippen LogP contribution in [0.2, 0.25) is 0 Å². The zero-order chi connectivity index (χ0) is 49.9. The first-order valence-corrected chi connectivity index (χ1v) is 23.5. The second-order valence-corrected chi connectivity index (χ2v) is 20.5. The predicted octanol–water partition coefficient (Wildman–Crippen LogP) is 4.66. The number of Topliss-reactive ketones (excluding diaryl/α,β-unsaturated/α-hetero) is 1. The van der Waals surface area contributed by atoms with Crippen LogP contribution in [0, 0.1) is 51.0 Å². The van der Waals surface area contributed by atoms with E-state index >= 15 is 4.79 Å². The molecule has 1 spiro atoms. The van der Waals surface area contributed by atoms with Crippen molar-refractivity contribution in [2.75, 3.05) is 7.11 Å². The highest BCUT2D eigenvalue weighted by atomic mass is 16.7. The zero-order valence-corrected chi connectivity index (χ0v) is 40.2. The second-order valence-electron chi connectivity index (χ2n) is 20.5. The highest BCUT2D eigenvalue weighted by Gasteiger charge is 2.65. The summed E-state index contributed by atoms with van der Waals surface area (Å²) in [5.74, 6) is -6.13. The number of carbonyl (C=O) groups excluding carboxylic acids is 5. The van der Waals surface area contributed by atoms with Gasteiger partial charge in [0.15, 0.2) is 24.3 Å². The Balaban J connectivity index is 1.33. The highest BCUT2D eigenvalue weighted by Crippen LogP contribution is 2.61. The number of nitro groups is 1. The lowest BCUT2D eigenvalue weighted by Gasteiger charge is -2.56. The van der Waals surface area contributed by atoms with Crippen LogP contribution in [0.1, 0.15) is 94.4 Å². The maximum absolute atomic E-state index is 15.2. The standard InChI is InChI=1S/C49H66N2O17/c1-22-11-14-35(66-37-20-47(8,51(60)61)42(27(6)64-37)50-46(59)62-10)23(2)16-32-33(54)17-29(21-52)19-49(32)44(57)38(45(58)68-49)43(56)48(9)31(22)13-12-30-39(48)24(3)15-25(4)40(30)67-36-18-34(55)41(26(5)63-36)65-28(7)53/h11-13,16-17,21,24-27,30-37,39-42,54-56H,14-15,18-20H2,1-10H3,(H,50,59)/b22-11-,23-16?,43-38?/t24-,25-,26-,27+,30-,31-,32+,33-,34+,35-,36-,37-,39+,40?,41-,42-,47-,48+,49?/m0/s1. The molecule has 0 aromatic carbocycles. The van der Waals surface area contributed by atoms with Gasteiger partial charge in [0.25, 0.3) is 0 Å². The van der Waals surface area contributed by atoms with Crippen molar-refractivity contribution < 1.29 is 77.4 Å². The quantitative estimate of drug-likeness (QED) is 0.0490. The fraction of sp³-hybridized carbons (Fsp3) is 0.694. The van der Waals surface area contributed by atoms with Gasteiger partial charge in [-0.3, -0.25) is 24.5 Å². The number of rotatable bonds is 8. The minimum absolute atomic E-state index is 0.0123.